The molecule has 0 radical (unpaired) electrons. The van der Waals surface area contributed by atoms with Crippen molar-refractivity contribution >= 4 is 11.9 Å². The van der Waals surface area contributed by atoms with E-state index in [4.69, 9.17) is 18.6 Å². The summed E-state index contributed by atoms with van der Waals surface area (Å²) in [4.78, 5) is 26.1. The summed E-state index contributed by atoms with van der Waals surface area (Å²) in [5.41, 5.74) is 2.45. The molecule has 7 heteroatoms. The Bertz CT molecular complexity index is 825. The molecule has 26 heavy (non-hydrogen) atoms. The Balaban J connectivity index is 1.64. The van der Waals surface area contributed by atoms with Crippen LogP contribution < -0.4 is 9.47 Å². The highest BCUT2D eigenvalue weighted by Gasteiger charge is 2.24. The molecule has 3 rings (SSSR count). The third kappa shape index (κ3) is 3.51. The van der Waals surface area contributed by atoms with E-state index < -0.39 is 5.97 Å². The average molecular weight is 359 g/mol. The van der Waals surface area contributed by atoms with Gasteiger partial charge in [-0.2, -0.15) is 0 Å². The molecule has 0 unspecified atom stereocenters. The molecule has 2 heterocycles. The van der Waals surface area contributed by atoms with E-state index in [0.29, 0.717) is 42.3 Å². The lowest BCUT2D eigenvalue weighted by atomic mass is 9.99. The van der Waals surface area contributed by atoms with E-state index >= 15 is 0 Å². The second-order valence-electron chi connectivity index (χ2n) is 6.01. The Labute approximate surface area is 151 Å². The van der Waals surface area contributed by atoms with E-state index in [9.17, 15) is 9.59 Å². The van der Waals surface area contributed by atoms with Crippen LogP contribution >= 0.6 is 0 Å². The fourth-order valence-electron chi connectivity index (χ4n) is 2.99. The zero-order valence-corrected chi connectivity index (χ0v) is 15.0. The summed E-state index contributed by atoms with van der Waals surface area (Å²) < 4.78 is 20.8. The van der Waals surface area contributed by atoms with Gasteiger partial charge in [0.15, 0.2) is 18.1 Å². The van der Waals surface area contributed by atoms with Crippen molar-refractivity contribution in [1.82, 2.24) is 4.90 Å². The van der Waals surface area contributed by atoms with Crippen molar-refractivity contribution in [3.8, 4) is 11.5 Å². The standard InChI is InChI=1S/C19H21NO6/c1-12-15(5-7-25-12)19(22)26-11-18(21)20-6-4-13-8-16(23-2)17(24-3)9-14(13)10-20/h5,7-9H,4,6,10-11H2,1-3H3. The van der Waals surface area contributed by atoms with Crippen LogP contribution in [0.1, 0.15) is 27.2 Å². The summed E-state index contributed by atoms with van der Waals surface area (Å²) in [5, 5.41) is 0. The van der Waals surface area contributed by atoms with E-state index in [0.717, 1.165) is 11.1 Å². The van der Waals surface area contributed by atoms with E-state index in [-0.39, 0.29) is 12.5 Å². The minimum atomic E-state index is -0.562. The number of ether oxygens (including phenoxy) is 3. The molecule has 0 atom stereocenters. The highest BCUT2D eigenvalue weighted by atomic mass is 16.5. The molecule has 1 aromatic carbocycles. The smallest absolute Gasteiger partial charge is 0.342 e. The summed E-state index contributed by atoms with van der Waals surface area (Å²) in [6.07, 6.45) is 2.12. The third-order valence-corrected chi connectivity index (χ3v) is 4.48. The predicted octanol–water partition coefficient (Wildman–Crippen LogP) is 2.35. The van der Waals surface area contributed by atoms with Crippen LogP contribution in [0.5, 0.6) is 11.5 Å². The van der Waals surface area contributed by atoms with Gasteiger partial charge in [-0.25, -0.2) is 4.79 Å². The highest BCUT2D eigenvalue weighted by Crippen LogP contribution is 2.33. The summed E-state index contributed by atoms with van der Waals surface area (Å²) in [7, 11) is 3.17. The van der Waals surface area contributed by atoms with E-state index in [1.165, 1.54) is 12.3 Å². The largest absolute Gasteiger partial charge is 0.493 e. The molecule has 1 aliphatic heterocycles. The third-order valence-electron chi connectivity index (χ3n) is 4.48. The van der Waals surface area contributed by atoms with Crippen molar-refractivity contribution in [2.45, 2.75) is 19.9 Å². The SMILES string of the molecule is COc1cc2c(cc1OC)CN(C(=O)COC(=O)c1ccoc1C)CC2. The molecule has 0 saturated heterocycles. The first-order valence-electron chi connectivity index (χ1n) is 8.26. The molecule has 0 spiro atoms. The molecule has 1 aliphatic rings. The van der Waals surface area contributed by atoms with E-state index in [1.807, 2.05) is 12.1 Å². The fraction of sp³-hybridized carbons (Fsp3) is 0.368. The average Bonchev–Trinajstić information content (AvgIpc) is 3.10. The molecule has 138 valence electrons. The quantitative estimate of drug-likeness (QED) is 0.763. The van der Waals surface area contributed by atoms with Crippen LogP contribution in [0.15, 0.2) is 28.9 Å². The van der Waals surface area contributed by atoms with Gasteiger partial charge in [0.25, 0.3) is 5.91 Å². The molecule has 0 bridgehead atoms. The number of furan rings is 1. The summed E-state index contributed by atoms with van der Waals surface area (Å²) in [6, 6.07) is 5.35. The summed E-state index contributed by atoms with van der Waals surface area (Å²) in [5.74, 6) is 0.974. The fourth-order valence-corrected chi connectivity index (χ4v) is 2.99. The number of esters is 1. The Kier molecular flexibility index (Phi) is 5.16. The number of aryl methyl sites for hydroxylation is 1. The Morgan fingerprint density at radius 1 is 1.15 bits per heavy atom. The maximum absolute atomic E-state index is 12.4. The normalized spacial score (nSPS) is 13.1. The second kappa shape index (κ2) is 7.51. The lowest BCUT2D eigenvalue weighted by molar-refractivity contribution is -0.135. The van der Waals surface area contributed by atoms with E-state index in [1.54, 1.807) is 26.0 Å². The number of methoxy groups -OCH3 is 2. The van der Waals surface area contributed by atoms with Gasteiger partial charge in [0.2, 0.25) is 0 Å². The Morgan fingerprint density at radius 3 is 2.46 bits per heavy atom. The molecule has 0 saturated carbocycles. The first kappa shape index (κ1) is 17.8. The van der Waals surface area contributed by atoms with Crippen LogP contribution in [0, 0.1) is 6.92 Å². The molecule has 1 amide bonds. The maximum atomic E-state index is 12.4. The molecule has 0 fully saturated rings. The number of fused-ring (bicyclic) bond motifs is 1. The van der Waals surface area contributed by atoms with Gasteiger partial charge in [-0.15, -0.1) is 0 Å². The Morgan fingerprint density at radius 2 is 1.85 bits per heavy atom. The van der Waals surface area contributed by atoms with Crippen molar-refractivity contribution in [2.24, 2.45) is 0 Å². The Hall–Kier alpha value is -2.96. The first-order chi connectivity index (χ1) is 12.5. The minimum absolute atomic E-state index is 0.236. The number of amides is 1. The van der Waals surface area contributed by atoms with Crippen LogP contribution in [0.25, 0.3) is 0 Å². The van der Waals surface area contributed by atoms with Crippen LogP contribution in [-0.4, -0.2) is 44.1 Å². The van der Waals surface area contributed by atoms with Crippen molar-refractivity contribution < 1.29 is 28.2 Å². The molecular weight excluding hydrogens is 338 g/mol. The van der Waals surface area contributed by atoms with Crippen LogP contribution in [0.4, 0.5) is 0 Å². The van der Waals surface area contributed by atoms with Gasteiger partial charge in [0.1, 0.15) is 11.3 Å². The maximum Gasteiger partial charge on any atom is 0.342 e. The van der Waals surface area contributed by atoms with Gasteiger partial charge in [-0.05, 0) is 42.7 Å². The van der Waals surface area contributed by atoms with Gasteiger partial charge in [0, 0.05) is 13.1 Å². The summed E-state index contributed by atoms with van der Waals surface area (Å²) in [6.45, 7) is 2.37. The van der Waals surface area contributed by atoms with E-state index in [2.05, 4.69) is 0 Å². The summed E-state index contributed by atoms with van der Waals surface area (Å²) >= 11 is 0. The van der Waals surface area contributed by atoms with Gasteiger partial charge < -0.3 is 23.5 Å². The van der Waals surface area contributed by atoms with Gasteiger partial charge >= 0.3 is 5.97 Å². The first-order valence-corrected chi connectivity index (χ1v) is 8.26. The second-order valence-corrected chi connectivity index (χ2v) is 6.01. The number of hydrogen-bond donors (Lipinski definition) is 0. The topological polar surface area (TPSA) is 78.2 Å². The number of rotatable bonds is 5. The van der Waals surface area contributed by atoms with Crippen LogP contribution in [-0.2, 0) is 22.5 Å². The van der Waals surface area contributed by atoms with Crippen LogP contribution in [0.3, 0.4) is 0 Å². The number of benzene rings is 1. The molecular formula is C19H21NO6. The lowest BCUT2D eigenvalue weighted by Gasteiger charge is -2.29. The molecule has 0 aliphatic carbocycles. The van der Waals surface area contributed by atoms with Crippen molar-refractivity contribution in [2.75, 3.05) is 27.4 Å². The van der Waals surface area contributed by atoms with Gasteiger partial charge in [0.05, 0.1) is 20.5 Å². The number of carbonyl (C=O) groups is 2. The molecule has 1 aromatic heterocycles. The van der Waals surface area contributed by atoms with Crippen molar-refractivity contribution in [3.63, 3.8) is 0 Å². The van der Waals surface area contributed by atoms with Crippen molar-refractivity contribution in [3.05, 3.63) is 46.9 Å². The molecule has 7 nitrogen and oxygen atoms in total. The molecule has 0 N–H and O–H groups in total. The van der Waals surface area contributed by atoms with Gasteiger partial charge in [-0.3, -0.25) is 4.79 Å². The molecule has 2 aromatic rings. The number of carbonyl (C=O) groups excluding carboxylic acids is 2. The predicted molar refractivity (Wildman–Crippen MR) is 92.4 cm³/mol. The zero-order chi connectivity index (χ0) is 18.7. The van der Waals surface area contributed by atoms with Crippen molar-refractivity contribution in [1.29, 1.82) is 0 Å². The lowest BCUT2D eigenvalue weighted by Crippen LogP contribution is -2.38. The monoisotopic (exact) mass is 359 g/mol. The number of nitrogens with zero attached hydrogens (tertiary/aromatic N) is 1. The van der Waals surface area contributed by atoms with Crippen LogP contribution in [0.2, 0.25) is 0 Å². The minimum Gasteiger partial charge on any atom is -0.493 e. The number of hydrogen-bond acceptors (Lipinski definition) is 6. The van der Waals surface area contributed by atoms with Gasteiger partial charge in [-0.1, -0.05) is 0 Å². The highest BCUT2D eigenvalue weighted by molar-refractivity contribution is 5.92. The zero-order valence-electron chi connectivity index (χ0n) is 15.0.